The Labute approximate surface area is 223 Å². The first-order valence-electron chi connectivity index (χ1n) is 12.0. The number of carbonyl (C=O) groups is 3. The number of hydrogen-bond donors (Lipinski definition) is 4. The van der Waals surface area contributed by atoms with Crippen molar-refractivity contribution in [1.82, 2.24) is 10.6 Å². The average Bonchev–Trinajstić information content (AvgIpc) is 2.87. The van der Waals surface area contributed by atoms with Crippen molar-refractivity contribution in [3.63, 3.8) is 0 Å². The fraction of sp³-hybridized carbons (Fsp3) is 0.346. The molecular formula is C26H28F3N3O6S. The molecule has 2 aromatic carbocycles. The second-order valence-electron chi connectivity index (χ2n) is 9.14. The van der Waals surface area contributed by atoms with Gasteiger partial charge in [0.15, 0.2) is 9.84 Å². The molecule has 0 spiro atoms. The summed E-state index contributed by atoms with van der Waals surface area (Å²) in [6.07, 6.45) is -2.14. The van der Waals surface area contributed by atoms with Gasteiger partial charge in [0, 0.05) is 6.04 Å². The van der Waals surface area contributed by atoms with Crippen LogP contribution in [0.25, 0.3) is 6.08 Å². The Kier molecular flexibility index (Phi) is 9.38. The van der Waals surface area contributed by atoms with Gasteiger partial charge in [-0.15, -0.1) is 0 Å². The van der Waals surface area contributed by atoms with Crippen LogP contribution in [0.3, 0.4) is 0 Å². The van der Waals surface area contributed by atoms with E-state index in [2.05, 4.69) is 17.2 Å². The number of sulfone groups is 1. The molecule has 3 rings (SSSR count). The maximum absolute atomic E-state index is 13.1. The summed E-state index contributed by atoms with van der Waals surface area (Å²) in [5.74, 6) is -2.32. The highest BCUT2D eigenvalue weighted by Gasteiger charge is 2.33. The van der Waals surface area contributed by atoms with E-state index in [1.807, 2.05) is 5.32 Å². The SMILES string of the molecule is C=Cc1ccc(S(=O)(=O)C[C@@H]2CCCC[C@@H]2NC(=O)CNC(=O)c2cc(C(F)(F)F)ccc2NC(=O)O)cc1. The summed E-state index contributed by atoms with van der Waals surface area (Å²) in [5, 5.41) is 15.7. The summed E-state index contributed by atoms with van der Waals surface area (Å²) in [4.78, 5) is 36.4. The number of benzene rings is 2. The van der Waals surface area contributed by atoms with Crippen molar-refractivity contribution in [3.8, 4) is 0 Å². The standard InChI is InChI=1S/C26H28F3N3O6S/c1-2-16-7-10-19(11-8-16)39(37,38)15-17-5-3-4-6-21(17)31-23(33)14-30-24(34)20-13-18(26(27,28)29)9-12-22(20)32-25(35)36/h2,7-13,17,21,32H,1,3-6,14-15H2,(H,30,34)(H,31,33)(H,35,36)/t17-,21-/m0/s1. The Balaban J connectivity index is 1.66. The Morgan fingerprint density at radius 2 is 1.72 bits per heavy atom. The van der Waals surface area contributed by atoms with E-state index in [0.29, 0.717) is 25.0 Å². The van der Waals surface area contributed by atoms with Crippen LogP contribution in [0.15, 0.2) is 53.9 Å². The number of hydrogen-bond acceptors (Lipinski definition) is 5. The van der Waals surface area contributed by atoms with E-state index >= 15 is 0 Å². The number of amides is 3. The monoisotopic (exact) mass is 567 g/mol. The second kappa shape index (κ2) is 12.3. The molecule has 0 radical (unpaired) electrons. The third-order valence-electron chi connectivity index (χ3n) is 6.41. The summed E-state index contributed by atoms with van der Waals surface area (Å²) in [6.45, 7) is 3.03. The molecule has 1 aliphatic carbocycles. The Hall–Kier alpha value is -3.87. The summed E-state index contributed by atoms with van der Waals surface area (Å²) in [6, 6.07) is 7.73. The topological polar surface area (TPSA) is 142 Å². The quantitative estimate of drug-likeness (QED) is 0.356. The Bertz CT molecular complexity index is 1340. The van der Waals surface area contributed by atoms with Gasteiger partial charge in [-0.25, -0.2) is 13.2 Å². The van der Waals surface area contributed by atoms with Crippen molar-refractivity contribution in [3.05, 3.63) is 65.7 Å². The number of alkyl halides is 3. The highest BCUT2D eigenvalue weighted by Crippen LogP contribution is 2.32. The highest BCUT2D eigenvalue weighted by atomic mass is 32.2. The van der Waals surface area contributed by atoms with Gasteiger partial charge in [0.05, 0.1) is 34.0 Å². The zero-order chi connectivity index (χ0) is 28.8. The minimum absolute atomic E-state index is 0.155. The number of nitrogens with one attached hydrogen (secondary N) is 3. The minimum atomic E-state index is -4.78. The van der Waals surface area contributed by atoms with Crippen LogP contribution in [0.1, 0.15) is 47.2 Å². The second-order valence-corrected chi connectivity index (χ2v) is 11.2. The van der Waals surface area contributed by atoms with E-state index in [4.69, 9.17) is 5.11 Å². The van der Waals surface area contributed by atoms with Crippen molar-refractivity contribution >= 4 is 39.5 Å². The Morgan fingerprint density at radius 1 is 1.05 bits per heavy atom. The lowest BCUT2D eigenvalue weighted by molar-refractivity contribution is -0.137. The zero-order valence-corrected chi connectivity index (χ0v) is 21.6. The van der Waals surface area contributed by atoms with Gasteiger partial charge in [-0.3, -0.25) is 14.9 Å². The van der Waals surface area contributed by atoms with Crippen LogP contribution in [0.2, 0.25) is 0 Å². The fourth-order valence-electron chi connectivity index (χ4n) is 4.43. The van der Waals surface area contributed by atoms with Gasteiger partial charge in [0.2, 0.25) is 5.91 Å². The number of carbonyl (C=O) groups excluding carboxylic acids is 2. The van der Waals surface area contributed by atoms with Crippen LogP contribution in [-0.2, 0) is 20.8 Å². The third-order valence-corrected chi connectivity index (χ3v) is 8.26. The van der Waals surface area contributed by atoms with E-state index in [0.717, 1.165) is 24.5 Å². The van der Waals surface area contributed by atoms with Gasteiger partial charge in [0.1, 0.15) is 0 Å². The average molecular weight is 568 g/mol. The maximum Gasteiger partial charge on any atom is 0.416 e. The van der Waals surface area contributed by atoms with Crippen molar-refractivity contribution in [2.45, 2.75) is 42.8 Å². The lowest BCUT2D eigenvalue weighted by Crippen LogP contribution is -2.47. The van der Waals surface area contributed by atoms with Crippen LogP contribution in [0.5, 0.6) is 0 Å². The molecule has 1 saturated carbocycles. The van der Waals surface area contributed by atoms with Gasteiger partial charge in [0.25, 0.3) is 5.91 Å². The molecule has 0 saturated heterocycles. The molecule has 210 valence electrons. The van der Waals surface area contributed by atoms with Crippen LogP contribution in [-0.4, -0.2) is 49.8 Å². The summed E-state index contributed by atoms with van der Waals surface area (Å²) in [7, 11) is -3.65. The summed E-state index contributed by atoms with van der Waals surface area (Å²) < 4.78 is 65.3. The van der Waals surface area contributed by atoms with Crippen molar-refractivity contribution < 1.29 is 41.1 Å². The van der Waals surface area contributed by atoms with E-state index in [1.165, 1.54) is 12.1 Å². The zero-order valence-electron chi connectivity index (χ0n) is 20.8. The first kappa shape index (κ1) is 29.7. The molecule has 0 unspecified atom stereocenters. The number of carboxylic acid groups (broad SMARTS) is 1. The highest BCUT2D eigenvalue weighted by molar-refractivity contribution is 7.91. The molecule has 0 aliphatic heterocycles. The van der Waals surface area contributed by atoms with Gasteiger partial charge in [-0.05, 0) is 54.7 Å². The van der Waals surface area contributed by atoms with Crippen LogP contribution < -0.4 is 16.0 Å². The van der Waals surface area contributed by atoms with Crippen molar-refractivity contribution in [2.75, 3.05) is 17.6 Å². The smallest absolute Gasteiger partial charge is 0.416 e. The van der Waals surface area contributed by atoms with Gasteiger partial charge in [-0.2, -0.15) is 13.2 Å². The van der Waals surface area contributed by atoms with Gasteiger partial charge < -0.3 is 15.7 Å². The van der Waals surface area contributed by atoms with E-state index in [-0.39, 0.29) is 22.3 Å². The third kappa shape index (κ3) is 8.06. The molecule has 1 fully saturated rings. The fourth-order valence-corrected chi connectivity index (χ4v) is 6.14. The van der Waals surface area contributed by atoms with Crippen molar-refractivity contribution in [1.29, 1.82) is 0 Å². The molecule has 2 atom stereocenters. The molecule has 2 aromatic rings. The summed E-state index contributed by atoms with van der Waals surface area (Å²) >= 11 is 0. The molecule has 0 aromatic heterocycles. The van der Waals surface area contributed by atoms with E-state index in [9.17, 15) is 36.0 Å². The molecule has 1 aliphatic rings. The molecule has 9 nitrogen and oxygen atoms in total. The normalized spacial score (nSPS) is 17.6. The van der Waals surface area contributed by atoms with Crippen molar-refractivity contribution in [2.24, 2.45) is 5.92 Å². The number of halogens is 3. The molecule has 0 heterocycles. The predicted molar refractivity (Wildman–Crippen MR) is 138 cm³/mol. The lowest BCUT2D eigenvalue weighted by atomic mass is 9.86. The number of anilines is 1. The molecule has 3 amide bonds. The molecule has 0 bridgehead atoms. The van der Waals surface area contributed by atoms with Crippen LogP contribution in [0, 0.1) is 5.92 Å². The minimum Gasteiger partial charge on any atom is -0.465 e. The van der Waals surface area contributed by atoms with Crippen LogP contribution >= 0.6 is 0 Å². The Morgan fingerprint density at radius 3 is 2.33 bits per heavy atom. The predicted octanol–water partition coefficient (Wildman–Crippen LogP) is 4.32. The number of rotatable bonds is 9. The first-order valence-corrected chi connectivity index (χ1v) is 13.7. The lowest BCUT2D eigenvalue weighted by Gasteiger charge is -2.32. The van der Waals surface area contributed by atoms with E-state index < -0.39 is 57.6 Å². The summed E-state index contributed by atoms with van der Waals surface area (Å²) in [5.41, 5.74) is -1.38. The molecular weight excluding hydrogens is 539 g/mol. The van der Waals surface area contributed by atoms with Crippen LogP contribution in [0.4, 0.5) is 23.7 Å². The maximum atomic E-state index is 13.1. The van der Waals surface area contributed by atoms with Gasteiger partial charge in [-0.1, -0.05) is 37.6 Å². The molecule has 13 heteroatoms. The van der Waals surface area contributed by atoms with Gasteiger partial charge >= 0.3 is 12.3 Å². The largest absolute Gasteiger partial charge is 0.465 e. The molecule has 4 N–H and O–H groups in total. The van der Waals surface area contributed by atoms with E-state index in [1.54, 1.807) is 18.2 Å². The first-order chi connectivity index (χ1) is 18.3. The molecule has 39 heavy (non-hydrogen) atoms.